The molecule has 13 heavy (non-hydrogen) atoms. The van der Waals surface area contributed by atoms with Gasteiger partial charge in [-0.2, -0.15) is 5.10 Å². The predicted octanol–water partition coefficient (Wildman–Crippen LogP) is 0.459. The quantitative estimate of drug-likeness (QED) is 0.683. The minimum Gasteiger partial charge on any atom is -0.396 e. The third-order valence-electron chi connectivity index (χ3n) is 1.63. The van der Waals surface area contributed by atoms with Crippen molar-refractivity contribution in [1.82, 2.24) is 19.7 Å². The van der Waals surface area contributed by atoms with Gasteiger partial charge in [0.2, 0.25) is 0 Å². The van der Waals surface area contributed by atoms with Crippen molar-refractivity contribution < 1.29 is 0 Å². The second kappa shape index (κ2) is 2.85. The lowest BCUT2D eigenvalue weighted by Gasteiger charge is -1.94. The van der Waals surface area contributed by atoms with Crippen molar-refractivity contribution in [3.63, 3.8) is 0 Å². The Labute approximate surface area is 75.2 Å². The van der Waals surface area contributed by atoms with E-state index < -0.39 is 0 Å². The molecule has 0 aliphatic heterocycles. The lowest BCUT2D eigenvalue weighted by atomic mass is 10.3. The van der Waals surface area contributed by atoms with Crippen LogP contribution in [0.1, 0.15) is 0 Å². The highest BCUT2D eigenvalue weighted by molar-refractivity contribution is 5.52. The van der Waals surface area contributed by atoms with Gasteiger partial charge in [0.25, 0.3) is 0 Å². The van der Waals surface area contributed by atoms with E-state index in [1.54, 1.807) is 23.3 Å². The van der Waals surface area contributed by atoms with Gasteiger partial charge in [-0.25, -0.2) is 9.97 Å². The highest BCUT2D eigenvalue weighted by Crippen LogP contribution is 2.12. The summed E-state index contributed by atoms with van der Waals surface area (Å²) in [6, 6.07) is 0. The zero-order valence-electron chi connectivity index (χ0n) is 7.18. The molecule has 2 aromatic heterocycles. The first kappa shape index (κ1) is 7.72. The number of aromatic nitrogens is 4. The van der Waals surface area contributed by atoms with Crippen molar-refractivity contribution in [1.29, 1.82) is 0 Å². The van der Waals surface area contributed by atoms with Crippen LogP contribution in [0.15, 0.2) is 24.8 Å². The Kier molecular flexibility index (Phi) is 1.70. The number of nitrogens with two attached hydrogens (primary N) is 1. The minimum atomic E-state index is 0.563. The van der Waals surface area contributed by atoms with Crippen LogP contribution in [0.4, 0.5) is 5.69 Å². The summed E-state index contributed by atoms with van der Waals surface area (Å²) < 4.78 is 1.70. The number of anilines is 1. The van der Waals surface area contributed by atoms with Crippen LogP contribution in [-0.4, -0.2) is 19.7 Å². The van der Waals surface area contributed by atoms with E-state index in [2.05, 4.69) is 15.1 Å². The van der Waals surface area contributed by atoms with Gasteiger partial charge >= 0.3 is 0 Å². The summed E-state index contributed by atoms with van der Waals surface area (Å²) in [5.41, 5.74) is 6.92. The topological polar surface area (TPSA) is 69.6 Å². The molecule has 2 rings (SSSR count). The molecule has 0 bridgehead atoms. The molecule has 0 spiro atoms. The van der Waals surface area contributed by atoms with Crippen molar-refractivity contribution in [2.45, 2.75) is 0 Å². The average molecular weight is 175 g/mol. The van der Waals surface area contributed by atoms with Gasteiger partial charge in [-0.3, -0.25) is 4.68 Å². The Morgan fingerprint density at radius 1 is 1.23 bits per heavy atom. The third-order valence-corrected chi connectivity index (χ3v) is 1.63. The molecule has 2 aromatic rings. The van der Waals surface area contributed by atoms with Crippen molar-refractivity contribution >= 4 is 5.69 Å². The second-order valence-electron chi connectivity index (χ2n) is 2.74. The summed E-state index contributed by atoms with van der Waals surface area (Å²) >= 11 is 0. The smallest absolute Gasteiger partial charge is 0.162 e. The van der Waals surface area contributed by atoms with Crippen LogP contribution < -0.4 is 5.73 Å². The van der Waals surface area contributed by atoms with Crippen molar-refractivity contribution in [2.75, 3.05) is 5.73 Å². The van der Waals surface area contributed by atoms with Crippen molar-refractivity contribution in [3.05, 3.63) is 24.8 Å². The van der Waals surface area contributed by atoms with Crippen LogP contribution in [0.25, 0.3) is 11.4 Å². The molecule has 0 aliphatic carbocycles. The van der Waals surface area contributed by atoms with E-state index in [4.69, 9.17) is 5.73 Å². The molecular formula is C8H9N5. The van der Waals surface area contributed by atoms with E-state index in [-0.39, 0.29) is 0 Å². The van der Waals surface area contributed by atoms with Crippen molar-refractivity contribution in [3.8, 4) is 11.4 Å². The summed E-state index contributed by atoms with van der Waals surface area (Å²) in [6.07, 6.45) is 6.72. The van der Waals surface area contributed by atoms with Crippen LogP contribution in [0.3, 0.4) is 0 Å². The van der Waals surface area contributed by atoms with Gasteiger partial charge in [0.05, 0.1) is 29.8 Å². The van der Waals surface area contributed by atoms with Gasteiger partial charge in [0.1, 0.15) is 0 Å². The summed E-state index contributed by atoms with van der Waals surface area (Å²) in [6.45, 7) is 0. The average Bonchev–Trinajstić information content (AvgIpc) is 2.53. The van der Waals surface area contributed by atoms with Gasteiger partial charge < -0.3 is 5.73 Å². The molecule has 0 aromatic carbocycles. The molecule has 0 atom stereocenters. The molecule has 66 valence electrons. The van der Waals surface area contributed by atoms with Gasteiger partial charge in [-0.05, 0) is 0 Å². The largest absolute Gasteiger partial charge is 0.396 e. The molecule has 0 amide bonds. The molecule has 5 nitrogen and oxygen atoms in total. The van der Waals surface area contributed by atoms with E-state index in [9.17, 15) is 0 Å². The second-order valence-corrected chi connectivity index (χ2v) is 2.74. The summed E-state index contributed by atoms with van der Waals surface area (Å²) in [5, 5.41) is 4.02. The summed E-state index contributed by atoms with van der Waals surface area (Å²) in [5.74, 6) is 0.641. The van der Waals surface area contributed by atoms with E-state index in [0.717, 1.165) is 5.56 Å². The predicted molar refractivity (Wildman–Crippen MR) is 48.6 cm³/mol. The molecule has 0 radical (unpaired) electrons. The Hall–Kier alpha value is -1.91. The van der Waals surface area contributed by atoms with Crippen LogP contribution in [-0.2, 0) is 7.05 Å². The van der Waals surface area contributed by atoms with Crippen LogP contribution in [0.5, 0.6) is 0 Å². The van der Waals surface area contributed by atoms with Crippen LogP contribution in [0.2, 0.25) is 0 Å². The fourth-order valence-corrected chi connectivity index (χ4v) is 1.02. The molecular weight excluding hydrogens is 166 g/mol. The molecule has 0 fully saturated rings. The van der Waals surface area contributed by atoms with Gasteiger partial charge in [-0.1, -0.05) is 0 Å². The van der Waals surface area contributed by atoms with Gasteiger partial charge in [0.15, 0.2) is 5.82 Å². The highest BCUT2D eigenvalue weighted by Gasteiger charge is 2.01. The lowest BCUT2D eigenvalue weighted by Crippen LogP contribution is -1.91. The number of nitrogens with zero attached hydrogens (tertiary/aromatic N) is 4. The van der Waals surface area contributed by atoms with Crippen molar-refractivity contribution in [2.24, 2.45) is 7.05 Å². The Balaban J connectivity index is 2.41. The monoisotopic (exact) mass is 175 g/mol. The molecule has 2 heterocycles. The van der Waals surface area contributed by atoms with E-state index in [1.165, 1.54) is 0 Å². The Bertz CT molecular complexity index is 403. The minimum absolute atomic E-state index is 0.563. The standard InChI is InChI=1S/C8H9N5/c1-13-5-6(2-12-13)8-10-3-7(9)4-11-8/h2-5H,9H2,1H3. The summed E-state index contributed by atoms with van der Waals surface area (Å²) in [7, 11) is 1.85. The molecule has 0 unspecified atom stereocenters. The normalized spacial score (nSPS) is 10.2. The van der Waals surface area contributed by atoms with E-state index in [0.29, 0.717) is 11.5 Å². The van der Waals surface area contributed by atoms with Crippen LogP contribution >= 0.6 is 0 Å². The molecule has 0 saturated carbocycles. The SMILES string of the molecule is Cn1cc(-c2ncc(N)cn2)cn1. The van der Waals surface area contributed by atoms with E-state index in [1.807, 2.05) is 13.2 Å². The maximum Gasteiger partial charge on any atom is 0.162 e. The lowest BCUT2D eigenvalue weighted by molar-refractivity contribution is 0.768. The maximum absolute atomic E-state index is 5.46. The third kappa shape index (κ3) is 1.48. The zero-order valence-corrected chi connectivity index (χ0v) is 7.18. The van der Waals surface area contributed by atoms with Gasteiger partial charge in [0, 0.05) is 13.2 Å². The number of hydrogen-bond donors (Lipinski definition) is 1. The first-order valence-electron chi connectivity index (χ1n) is 3.82. The van der Waals surface area contributed by atoms with E-state index >= 15 is 0 Å². The molecule has 0 saturated heterocycles. The molecule has 2 N–H and O–H groups in total. The highest BCUT2D eigenvalue weighted by atomic mass is 15.2. The Morgan fingerprint density at radius 2 is 1.92 bits per heavy atom. The first-order valence-corrected chi connectivity index (χ1v) is 3.82. The number of rotatable bonds is 1. The fourth-order valence-electron chi connectivity index (χ4n) is 1.02. The first-order chi connectivity index (χ1) is 6.25. The fraction of sp³-hybridized carbons (Fsp3) is 0.125. The molecule has 0 aliphatic rings. The maximum atomic E-state index is 5.46. The molecule has 5 heteroatoms. The Morgan fingerprint density at radius 3 is 2.46 bits per heavy atom. The van der Waals surface area contributed by atoms with Crippen LogP contribution in [0, 0.1) is 0 Å². The number of hydrogen-bond acceptors (Lipinski definition) is 4. The number of aryl methyl sites for hydroxylation is 1. The number of nitrogen functional groups attached to an aromatic ring is 1. The van der Waals surface area contributed by atoms with Gasteiger partial charge in [-0.15, -0.1) is 0 Å². The summed E-state index contributed by atoms with van der Waals surface area (Å²) in [4.78, 5) is 8.14. The zero-order chi connectivity index (χ0) is 9.26.